The van der Waals surface area contributed by atoms with Gasteiger partial charge in [-0.2, -0.15) is 0 Å². The summed E-state index contributed by atoms with van der Waals surface area (Å²) in [7, 11) is 0. The van der Waals surface area contributed by atoms with Crippen LogP contribution in [0, 0.1) is 0 Å². The predicted molar refractivity (Wildman–Crippen MR) is 132 cm³/mol. The molecular formula is C29H32O6. The van der Waals surface area contributed by atoms with Crippen molar-refractivity contribution < 1.29 is 28.4 Å². The summed E-state index contributed by atoms with van der Waals surface area (Å²) in [6, 6.07) is 24.9. The van der Waals surface area contributed by atoms with Crippen LogP contribution in [0.4, 0.5) is 0 Å². The van der Waals surface area contributed by atoms with Crippen LogP contribution in [0.25, 0.3) is 0 Å². The number of hydrogen-bond acceptors (Lipinski definition) is 6. The smallest absolute Gasteiger partial charge is 0.189 e. The number of ether oxygens (including phenoxy) is 6. The van der Waals surface area contributed by atoms with Crippen LogP contribution in [-0.2, 0) is 19.6 Å². The van der Waals surface area contributed by atoms with Gasteiger partial charge in [0.05, 0.1) is 13.2 Å². The first-order valence-electron chi connectivity index (χ1n) is 12.2. The molecule has 0 spiro atoms. The zero-order valence-electron chi connectivity index (χ0n) is 20.3. The van der Waals surface area contributed by atoms with Gasteiger partial charge < -0.3 is 28.4 Å². The highest BCUT2D eigenvalue weighted by atomic mass is 16.7. The molecule has 2 heterocycles. The van der Waals surface area contributed by atoms with Crippen LogP contribution in [0.3, 0.4) is 0 Å². The minimum atomic E-state index is -0.394. The molecule has 2 saturated heterocycles. The Morgan fingerprint density at radius 2 is 1.03 bits per heavy atom. The summed E-state index contributed by atoms with van der Waals surface area (Å²) in [6.07, 6.45) is 0.464. The maximum atomic E-state index is 5.86. The van der Waals surface area contributed by atoms with Crippen molar-refractivity contribution in [3.63, 3.8) is 0 Å². The summed E-state index contributed by atoms with van der Waals surface area (Å²) in [5.74, 6) is 2.47. The lowest BCUT2D eigenvalue weighted by Gasteiger charge is -2.32. The Morgan fingerprint density at radius 3 is 1.37 bits per heavy atom. The van der Waals surface area contributed by atoms with Gasteiger partial charge in [0.15, 0.2) is 6.79 Å². The zero-order chi connectivity index (χ0) is 24.1. The molecule has 0 bridgehead atoms. The fourth-order valence-electron chi connectivity index (χ4n) is 4.05. The number of epoxide rings is 2. The average Bonchev–Trinajstić information content (AvgIpc) is 3.83. The first-order valence-corrected chi connectivity index (χ1v) is 12.2. The summed E-state index contributed by atoms with van der Waals surface area (Å²) in [4.78, 5) is 0. The van der Waals surface area contributed by atoms with Crippen LogP contribution in [0.2, 0.25) is 0 Å². The lowest BCUT2D eigenvalue weighted by atomic mass is 9.71. The van der Waals surface area contributed by atoms with Crippen LogP contribution in [0.1, 0.15) is 30.5 Å². The second-order valence-corrected chi connectivity index (χ2v) is 8.99. The molecule has 2 atom stereocenters. The second kappa shape index (κ2) is 10.7. The molecule has 0 saturated carbocycles. The normalized spacial score (nSPS) is 20.1. The van der Waals surface area contributed by atoms with E-state index in [4.69, 9.17) is 28.4 Å². The monoisotopic (exact) mass is 476 g/mol. The Kier molecular flexibility index (Phi) is 7.23. The summed E-state index contributed by atoms with van der Waals surface area (Å²) in [5, 5.41) is 0. The molecule has 0 aliphatic carbocycles. The second-order valence-electron chi connectivity index (χ2n) is 8.99. The fourth-order valence-corrected chi connectivity index (χ4v) is 4.05. The van der Waals surface area contributed by atoms with Gasteiger partial charge in [0, 0.05) is 12.0 Å². The van der Waals surface area contributed by atoms with E-state index in [1.54, 1.807) is 0 Å². The van der Waals surface area contributed by atoms with E-state index in [0.717, 1.165) is 47.2 Å². The van der Waals surface area contributed by atoms with E-state index >= 15 is 0 Å². The molecule has 2 aliphatic rings. The third kappa shape index (κ3) is 5.96. The van der Waals surface area contributed by atoms with Gasteiger partial charge in [0.2, 0.25) is 0 Å². The molecular weight excluding hydrogens is 444 g/mol. The van der Waals surface area contributed by atoms with Gasteiger partial charge in [0.25, 0.3) is 0 Å². The molecule has 35 heavy (non-hydrogen) atoms. The first kappa shape index (κ1) is 23.7. The Balaban J connectivity index is 1.40. The first-order chi connectivity index (χ1) is 17.1. The van der Waals surface area contributed by atoms with E-state index in [-0.39, 0.29) is 19.0 Å². The van der Waals surface area contributed by atoms with Crippen LogP contribution >= 0.6 is 0 Å². The topological polar surface area (TPSA) is 62.0 Å². The van der Waals surface area contributed by atoms with E-state index in [0.29, 0.717) is 19.8 Å². The molecule has 3 aromatic rings. The van der Waals surface area contributed by atoms with E-state index in [1.807, 2.05) is 43.3 Å². The van der Waals surface area contributed by atoms with Gasteiger partial charge in [-0.25, -0.2) is 0 Å². The highest BCUT2D eigenvalue weighted by Crippen LogP contribution is 2.40. The van der Waals surface area contributed by atoms with Crippen molar-refractivity contribution in [3.05, 3.63) is 89.5 Å². The van der Waals surface area contributed by atoms with E-state index in [9.17, 15) is 0 Å². The fraction of sp³-hybridized carbons (Fsp3) is 0.379. The highest BCUT2D eigenvalue weighted by molar-refractivity contribution is 5.52. The largest absolute Gasteiger partial charge is 0.491 e. The van der Waals surface area contributed by atoms with Crippen molar-refractivity contribution in [3.8, 4) is 17.2 Å². The molecule has 2 aliphatic heterocycles. The standard InChI is InChI=1S/C29H32O6/c1-3-30-20-35-26-14-8-23(9-15-26)29(2,21-4-10-24(11-5-21)31-16-27-18-33-27)22-6-12-25(13-7-22)32-17-28-19-34-28/h4-15,27-28H,3,16-20H2,1-2H3. The maximum absolute atomic E-state index is 5.86. The van der Waals surface area contributed by atoms with Crippen LogP contribution in [0.5, 0.6) is 17.2 Å². The number of hydrogen-bond donors (Lipinski definition) is 0. The average molecular weight is 477 g/mol. The Labute approximate surface area is 206 Å². The summed E-state index contributed by atoms with van der Waals surface area (Å²) >= 11 is 0. The van der Waals surface area contributed by atoms with Crippen molar-refractivity contribution in [2.75, 3.05) is 39.8 Å². The van der Waals surface area contributed by atoms with Gasteiger partial charge in [-0.1, -0.05) is 36.4 Å². The van der Waals surface area contributed by atoms with Crippen LogP contribution in [0.15, 0.2) is 72.8 Å². The van der Waals surface area contributed by atoms with Crippen molar-refractivity contribution >= 4 is 0 Å². The van der Waals surface area contributed by atoms with Gasteiger partial charge in [-0.3, -0.25) is 0 Å². The molecule has 0 aromatic heterocycles. The summed E-state index contributed by atoms with van der Waals surface area (Å²) < 4.78 is 33.2. The molecule has 6 nitrogen and oxygen atoms in total. The number of benzene rings is 3. The predicted octanol–water partition coefficient (Wildman–Crippen LogP) is 4.97. The Hall–Kier alpha value is -3.06. The highest BCUT2D eigenvalue weighted by Gasteiger charge is 2.32. The van der Waals surface area contributed by atoms with Gasteiger partial charge >= 0.3 is 0 Å². The molecule has 0 amide bonds. The molecule has 0 N–H and O–H groups in total. The van der Waals surface area contributed by atoms with Crippen molar-refractivity contribution in [2.45, 2.75) is 31.5 Å². The maximum Gasteiger partial charge on any atom is 0.189 e. The molecule has 3 aromatic carbocycles. The summed E-state index contributed by atoms with van der Waals surface area (Å²) in [5.41, 5.74) is 3.09. The van der Waals surface area contributed by atoms with Gasteiger partial charge in [0.1, 0.15) is 42.7 Å². The quantitative estimate of drug-likeness (QED) is 0.150. The molecule has 0 radical (unpaired) electrons. The van der Waals surface area contributed by atoms with E-state index < -0.39 is 5.41 Å². The van der Waals surface area contributed by atoms with Crippen molar-refractivity contribution in [2.24, 2.45) is 0 Å². The van der Waals surface area contributed by atoms with Crippen molar-refractivity contribution in [1.29, 1.82) is 0 Å². The molecule has 2 fully saturated rings. The van der Waals surface area contributed by atoms with Crippen molar-refractivity contribution in [1.82, 2.24) is 0 Å². The molecule has 5 rings (SSSR count). The zero-order valence-corrected chi connectivity index (χ0v) is 20.3. The third-order valence-electron chi connectivity index (χ3n) is 6.48. The number of rotatable bonds is 13. The SMILES string of the molecule is CCOCOc1ccc(C(C)(c2ccc(OCC3CO3)cc2)c2ccc(OCC3CO3)cc2)cc1. The lowest BCUT2D eigenvalue weighted by molar-refractivity contribution is 0.0224. The van der Waals surface area contributed by atoms with E-state index in [2.05, 4.69) is 43.3 Å². The molecule has 2 unspecified atom stereocenters. The van der Waals surface area contributed by atoms with E-state index in [1.165, 1.54) is 0 Å². The lowest BCUT2D eigenvalue weighted by Crippen LogP contribution is -2.25. The van der Waals surface area contributed by atoms with Gasteiger partial charge in [-0.05, 0) is 66.9 Å². The Morgan fingerprint density at radius 1 is 0.657 bits per heavy atom. The molecule has 184 valence electrons. The third-order valence-corrected chi connectivity index (χ3v) is 6.48. The van der Waals surface area contributed by atoms with Crippen LogP contribution < -0.4 is 14.2 Å². The summed E-state index contributed by atoms with van der Waals surface area (Å²) in [6.45, 7) is 7.81. The minimum Gasteiger partial charge on any atom is -0.491 e. The van der Waals surface area contributed by atoms with Gasteiger partial charge in [-0.15, -0.1) is 0 Å². The Bertz CT molecular complexity index is 1010. The minimum absolute atomic E-state index is 0.232. The van der Waals surface area contributed by atoms with Crippen LogP contribution in [-0.4, -0.2) is 52.0 Å². The molecule has 6 heteroatoms.